The fraction of sp³-hybridized carbons (Fsp3) is 0.538. The lowest BCUT2D eigenvalue weighted by Gasteiger charge is -2.22. The number of esters is 1. The molecule has 17 heavy (non-hydrogen) atoms. The number of pyridine rings is 1. The predicted molar refractivity (Wildman–Crippen MR) is 65.0 cm³/mol. The predicted octanol–water partition coefficient (Wildman–Crippen LogP) is 1.73. The number of nitrogens with one attached hydrogen (secondary N) is 1. The summed E-state index contributed by atoms with van der Waals surface area (Å²) in [4.78, 5) is 16.0. The number of hydrogen-bond donors (Lipinski definition) is 1. The molecule has 0 aliphatic carbocycles. The summed E-state index contributed by atoms with van der Waals surface area (Å²) in [5.74, 6) is 0.133. The van der Waals surface area contributed by atoms with Crippen LogP contribution in [0.1, 0.15) is 41.9 Å². The second kappa shape index (κ2) is 5.77. The third kappa shape index (κ3) is 3.03. The lowest BCUT2D eigenvalue weighted by molar-refractivity contribution is 0.0519. The van der Waals surface area contributed by atoms with Gasteiger partial charge in [-0.1, -0.05) is 6.07 Å². The van der Waals surface area contributed by atoms with Crippen molar-refractivity contribution >= 4 is 5.97 Å². The molecule has 0 amide bonds. The van der Waals surface area contributed by atoms with E-state index in [1.807, 2.05) is 12.1 Å². The van der Waals surface area contributed by atoms with Crippen molar-refractivity contribution in [2.24, 2.45) is 0 Å². The van der Waals surface area contributed by atoms with Gasteiger partial charge in [-0.25, -0.2) is 9.78 Å². The zero-order valence-corrected chi connectivity index (χ0v) is 10.1. The van der Waals surface area contributed by atoms with Gasteiger partial charge in [-0.2, -0.15) is 0 Å². The van der Waals surface area contributed by atoms with Gasteiger partial charge >= 0.3 is 5.97 Å². The van der Waals surface area contributed by atoms with Crippen molar-refractivity contribution in [2.75, 3.05) is 19.7 Å². The Balaban J connectivity index is 2.12. The fourth-order valence-corrected chi connectivity index (χ4v) is 2.12. The lowest BCUT2D eigenvalue weighted by Crippen LogP contribution is -2.27. The molecule has 4 heteroatoms. The van der Waals surface area contributed by atoms with E-state index < -0.39 is 0 Å². The normalized spacial score (nSPS) is 16.8. The topological polar surface area (TPSA) is 51.2 Å². The molecule has 0 spiro atoms. The van der Waals surface area contributed by atoms with Crippen molar-refractivity contribution < 1.29 is 9.53 Å². The zero-order valence-electron chi connectivity index (χ0n) is 10.1. The summed E-state index contributed by atoms with van der Waals surface area (Å²) in [6.45, 7) is 4.23. The van der Waals surface area contributed by atoms with Crippen LogP contribution in [0.2, 0.25) is 0 Å². The molecule has 0 atom stereocenters. The van der Waals surface area contributed by atoms with Crippen LogP contribution in [0.3, 0.4) is 0 Å². The van der Waals surface area contributed by atoms with Crippen molar-refractivity contribution in [3.8, 4) is 0 Å². The molecule has 1 aromatic heterocycles. The van der Waals surface area contributed by atoms with Crippen LogP contribution < -0.4 is 5.32 Å². The summed E-state index contributed by atoms with van der Waals surface area (Å²) in [5, 5.41) is 3.32. The average molecular weight is 234 g/mol. The van der Waals surface area contributed by atoms with Gasteiger partial charge in [0.15, 0.2) is 0 Å². The summed E-state index contributed by atoms with van der Waals surface area (Å²) < 4.78 is 4.96. The average Bonchev–Trinajstić information content (AvgIpc) is 2.40. The third-order valence-corrected chi connectivity index (χ3v) is 3.01. The van der Waals surface area contributed by atoms with E-state index in [1.54, 1.807) is 13.0 Å². The molecule has 92 valence electrons. The van der Waals surface area contributed by atoms with Gasteiger partial charge in [0.1, 0.15) is 5.69 Å². The quantitative estimate of drug-likeness (QED) is 0.809. The maximum atomic E-state index is 11.6. The number of nitrogens with zero attached hydrogens (tertiary/aromatic N) is 1. The lowest BCUT2D eigenvalue weighted by atomic mass is 9.94. The van der Waals surface area contributed by atoms with E-state index in [9.17, 15) is 4.79 Å². The number of rotatable bonds is 3. The molecular formula is C13H18N2O2. The largest absolute Gasteiger partial charge is 0.461 e. The minimum absolute atomic E-state index is 0.330. The van der Waals surface area contributed by atoms with Gasteiger partial charge in [-0.15, -0.1) is 0 Å². The Morgan fingerprint density at radius 1 is 1.47 bits per heavy atom. The molecule has 4 nitrogen and oxygen atoms in total. The second-order valence-corrected chi connectivity index (χ2v) is 4.19. The zero-order chi connectivity index (χ0) is 12.1. The Morgan fingerprint density at radius 2 is 2.24 bits per heavy atom. The third-order valence-electron chi connectivity index (χ3n) is 3.01. The molecule has 1 aliphatic heterocycles. The Labute approximate surface area is 101 Å². The summed E-state index contributed by atoms with van der Waals surface area (Å²) in [6, 6.07) is 5.60. The highest BCUT2D eigenvalue weighted by atomic mass is 16.5. The highest BCUT2D eigenvalue weighted by Gasteiger charge is 2.18. The van der Waals surface area contributed by atoms with Gasteiger partial charge in [0.25, 0.3) is 0 Å². The maximum Gasteiger partial charge on any atom is 0.356 e. The molecule has 2 rings (SSSR count). The molecule has 1 fully saturated rings. The summed E-state index contributed by atoms with van der Waals surface area (Å²) in [7, 11) is 0. The van der Waals surface area contributed by atoms with Crippen LogP contribution in [-0.2, 0) is 4.74 Å². The highest BCUT2D eigenvalue weighted by Crippen LogP contribution is 2.23. The van der Waals surface area contributed by atoms with E-state index >= 15 is 0 Å². The van der Waals surface area contributed by atoms with Gasteiger partial charge in [0.05, 0.1) is 6.61 Å². The standard InChI is InChI=1S/C13H18N2O2/c1-2-17-13(16)12-5-3-4-11(15-12)10-6-8-14-9-7-10/h3-5,10,14H,2,6-9H2,1H3. The van der Waals surface area contributed by atoms with E-state index in [4.69, 9.17) is 4.74 Å². The Morgan fingerprint density at radius 3 is 2.94 bits per heavy atom. The SMILES string of the molecule is CCOC(=O)c1cccc(C2CCNCC2)n1. The second-order valence-electron chi connectivity index (χ2n) is 4.19. The number of ether oxygens (including phenoxy) is 1. The van der Waals surface area contributed by atoms with Crippen LogP contribution in [0.4, 0.5) is 0 Å². The van der Waals surface area contributed by atoms with Crippen molar-refractivity contribution in [3.05, 3.63) is 29.6 Å². The first-order valence-electron chi connectivity index (χ1n) is 6.16. The number of piperidine rings is 1. The van der Waals surface area contributed by atoms with Gasteiger partial charge < -0.3 is 10.1 Å². The Kier molecular flexibility index (Phi) is 4.09. The molecule has 1 aromatic rings. The smallest absolute Gasteiger partial charge is 0.356 e. The molecule has 0 radical (unpaired) electrons. The summed E-state index contributed by atoms with van der Waals surface area (Å²) in [6.07, 6.45) is 2.17. The maximum absolute atomic E-state index is 11.6. The monoisotopic (exact) mass is 234 g/mol. The van der Waals surface area contributed by atoms with E-state index in [0.717, 1.165) is 31.6 Å². The van der Waals surface area contributed by atoms with Crippen molar-refractivity contribution in [1.82, 2.24) is 10.3 Å². The summed E-state index contributed by atoms with van der Waals surface area (Å²) >= 11 is 0. The van der Waals surface area contributed by atoms with Crippen LogP contribution >= 0.6 is 0 Å². The molecular weight excluding hydrogens is 216 g/mol. The first-order valence-corrected chi connectivity index (χ1v) is 6.16. The van der Waals surface area contributed by atoms with E-state index in [1.165, 1.54) is 0 Å². The molecule has 0 bridgehead atoms. The van der Waals surface area contributed by atoms with Gasteiger partial charge in [0.2, 0.25) is 0 Å². The van der Waals surface area contributed by atoms with Crippen molar-refractivity contribution in [1.29, 1.82) is 0 Å². The van der Waals surface area contributed by atoms with Crippen LogP contribution in [-0.4, -0.2) is 30.6 Å². The van der Waals surface area contributed by atoms with E-state index in [-0.39, 0.29) is 5.97 Å². The minimum Gasteiger partial charge on any atom is -0.461 e. The molecule has 1 N–H and O–H groups in total. The molecule has 1 saturated heterocycles. The first kappa shape index (κ1) is 12.0. The molecule has 0 aromatic carbocycles. The van der Waals surface area contributed by atoms with E-state index in [0.29, 0.717) is 18.2 Å². The molecule has 0 saturated carbocycles. The number of carbonyl (C=O) groups excluding carboxylic acids is 1. The van der Waals surface area contributed by atoms with Gasteiger partial charge in [-0.05, 0) is 45.0 Å². The molecule has 1 aliphatic rings. The van der Waals surface area contributed by atoms with Gasteiger partial charge in [-0.3, -0.25) is 0 Å². The van der Waals surface area contributed by atoms with E-state index in [2.05, 4.69) is 10.3 Å². The first-order chi connectivity index (χ1) is 8.31. The molecule has 0 unspecified atom stereocenters. The van der Waals surface area contributed by atoms with Gasteiger partial charge in [0, 0.05) is 11.6 Å². The van der Waals surface area contributed by atoms with Crippen LogP contribution in [0, 0.1) is 0 Å². The molecule has 2 heterocycles. The van der Waals surface area contributed by atoms with Crippen LogP contribution in [0.15, 0.2) is 18.2 Å². The minimum atomic E-state index is -0.330. The Bertz CT molecular complexity index is 387. The van der Waals surface area contributed by atoms with Crippen molar-refractivity contribution in [3.63, 3.8) is 0 Å². The van der Waals surface area contributed by atoms with Crippen LogP contribution in [0.25, 0.3) is 0 Å². The fourth-order valence-electron chi connectivity index (χ4n) is 2.12. The number of aromatic nitrogens is 1. The van der Waals surface area contributed by atoms with Crippen molar-refractivity contribution in [2.45, 2.75) is 25.7 Å². The number of carbonyl (C=O) groups is 1. The highest BCUT2D eigenvalue weighted by molar-refractivity contribution is 5.87. The number of hydrogen-bond acceptors (Lipinski definition) is 4. The Hall–Kier alpha value is -1.42. The van der Waals surface area contributed by atoms with Crippen LogP contribution in [0.5, 0.6) is 0 Å². The summed E-state index contributed by atoms with van der Waals surface area (Å²) in [5.41, 5.74) is 1.43.